The third kappa shape index (κ3) is 1.20. The number of benzene rings is 2. The van der Waals surface area contributed by atoms with Crippen molar-refractivity contribution in [3.05, 3.63) is 53.9 Å². The summed E-state index contributed by atoms with van der Waals surface area (Å²) in [7, 11) is 0. The lowest BCUT2D eigenvalue weighted by Crippen LogP contribution is -1.74. The quantitative estimate of drug-likeness (QED) is 0.546. The van der Waals surface area contributed by atoms with Crippen molar-refractivity contribution in [2.24, 2.45) is 0 Å². The summed E-state index contributed by atoms with van der Waals surface area (Å²) >= 11 is 1.78. The Morgan fingerprint density at radius 3 is 2.80 bits per heavy atom. The van der Waals surface area contributed by atoms with Crippen LogP contribution in [0.1, 0.15) is 5.56 Å². The Morgan fingerprint density at radius 2 is 1.93 bits per heavy atom. The SMILES string of the molecule is C=Cc1csc2ccc3ccccc3c12. The smallest absolute Gasteiger partial charge is 0.0355 e. The van der Waals surface area contributed by atoms with Crippen molar-refractivity contribution in [2.75, 3.05) is 0 Å². The van der Waals surface area contributed by atoms with Gasteiger partial charge in [0.05, 0.1) is 0 Å². The van der Waals surface area contributed by atoms with E-state index in [0.29, 0.717) is 0 Å². The van der Waals surface area contributed by atoms with E-state index in [2.05, 4.69) is 48.4 Å². The van der Waals surface area contributed by atoms with Crippen molar-refractivity contribution in [3.8, 4) is 0 Å². The lowest BCUT2D eigenvalue weighted by atomic mass is 10.0. The predicted octanol–water partition coefficient (Wildman–Crippen LogP) is 4.70. The van der Waals surface area contributed by atoms with Gasteiger partial charge in [0.2, 0.25) is 0 Å². The summed E-state index contributed by atoms with van der Waals surface area (Å²) in [5.74, 6) is 0. The Labute approximate surface area is 92.5 Å². The zero-order chi connectivity index (χ0) is 10.3. The van der Waals surface area contributed by atoms with Crippen LogP contribution < -0.4 is 0 Å². The third-order valence-corrected chi connectivity index (χ3v) is 3.68. The summed E-state index contributed by atoms with van der Waals surface area (Å²) in [5, 5.41) is 6.13. The van der Waals surface area contributed by atoms with Gasteiger partial charge in [-0.3, -0.25) is 0 Å². The molecule has 0 aliphatic carbocycles. The van der Waals surface area contributed by atoms with Crippen LogP contribution in [0.5, 0.6) is 0 Å². The highest BCUT2D eigenvalue weighted by atomic mass is 32.1. The van der Waals surface area contributed by atoms with Gasteiger partial charge in [0.15, 0.2) is 0 Å². The number of hydrogen-bond acceptors (Lipinski definition) is 1. The number of rotatable bonds is 1. The second-order valence-corrected chi connectivity index (χ2v) is 4.47. The molecule has 72 valence electrons. The minimum atomic E-state index is 1.24. The van der Waals surface area contributed by atoms with E-state index >= 15 is 0 Å². The Balaban J connectivity index is 2.61. The van der Waals surface area contributed by atoms with Gasteiger partial charge in [-0.15, -0.1) is 11.3 Å². The first-order valence-corrected chi connectivity index (χ1v) is 5.79. The first-order valence-electron chi connectivity index (χ1n) is 4.91. The average Bonchev–Trinajstić information content (AvgIpc) is 2.72. The van der Waals surface area contributed by atoms with E-state index in [0.717, 1.165) is 0 Å². The zero-order valence-corrected chi connectivity index (χ0v) is 9.05. The van der Waals surface area contributed by atoms with Crippen molar-refractivity contribution >= 4 is 38.3 Å². The van der Waals surface area contributed by atoms with E-state index in [1.807, 2.05) is 6.08 Å². The van der Waals surface area contributed by atoms with Gasteiger partial charge in [-0.1, -0.05) is 43.0 Å². The van der Waals surface area contributed by atoms with Gasteiger partial charge in [0.1, 0.15) is 0 Å². The Hall–Kier alpha value is -1.60. The molecule has 2 aromatic carbocycles. The van der Waals surface area contributed by atoms with E-state index < -0.39 is 0 Å². The molecule has 3 aromatic rings. The molecule has 15 heavy (non-hydrogen) atoms. The number of fused-ring (bicyclic) bond motifs is 3. The molecule has 1 heterocycles. The molecule has 0 radical (unpaired) electrons. The molecule has 0 spiro atoms. The van der Waals surface area contributed by atoms with E-state index in [4.69, 9.17) is 0 Å². The Bertz CT molecular complexity index is 647. The van der Waals surface area contributed by atoms with Crippen LogP contribution in [0.4, 0.5) is 0 Å². The van der Waals surface area contributed by atoms with Gasteiger partial charge < -0.3 is 0 Å². The van der Waals surface area contributed by atoms with Crippen LogP contribution in [0.2, 0.25) is 0 Å². The summed E-state index contributed by atoms with van der Waals surface area (Å²) in [6.45, 7) is 3.87. The second-order valence-electron chi connectivity index (χ2n) is 3.56. The van der Waals surface area contributed by atoms with Gasteiger partial charge in [-0.25, -0.2) is 0 Å². The van der Waals surface area contributed by atoms with Crippen LogP contribution in [0, 0.1) is 0 Å². The van der Waals surface area contributed by atoms with Gasteiger partial charge in [0, 0.05) is 10.1 Å². The highest BCUT2D eigenvalue weighted by Crippen LogP contribution is 2.33. The van der Waals surface area contributed by atoms with Crippen LogP contribution >= 0.6 is 11.3 Å². The molecule has 0 aliphatic heterocycles. The van der Waals surface area contributed by atoms with E-state index in [9.17, 15) is 0 Å². The highest BCUT2D eigenvalue weighted by Gasteiger charge is 2.04. The molecule has 0 nitrogen and oxygen atoms in total. The predicted molar refractivity (Wildman–Crippen MR) is 69.4 cm³/mol. The maximum absolute atomic E-state index is 3.87. The number of thiophene rings is 1. The van der Waals surface area contributed by atoms with Gasteiger partial charge >= 0.3 is 0 Å². The first-order chi connectivity index (χ1) is 7.40. The molecule has 1 aromatic heterocycles. The fraction of sp³-hybridized carbons (Fsp3) is 0. The lowest BCUT2D eigenvalue weighted by Gasteiger charge is -2.00. The van der Waals surface area contributed by atoms with E-state index in [1.54, 1.807) is 11.3 Å². The summed E-state index contributed by atoms with van der Waals surface area (Å²) < 4.78 is 1.34. The second kappa shape index (κ2) is 3.21. The summed E-state index contributed by atoms with van der Waals surface area (Å²) in [6, 6.07) is 12.9. The zero-order valence-electron chi connectivity index (χ0n) is 8.23. The standard InChI is InChI=1S/C14H10S/c1-2-10-9-15-13-8-7-11-5-3-4-6-12(11)14(10)13/h2-9H,1H2. The van der Waals surface area contributed by atoms with Gasteiger partial charge in [0.25, 0.3) is 0 Å². The van der Waals surface area contributed by atoms with Crippen LogP contribution in [-0.2, 0) is 0 Å². The maximum Gasteiger partial charge on any atom is 0.0355 e. The molecule has 0 saturated carbocycles. The largest absolute Gasteiger partial charge is 0.143 e. The average molecular weight is 210 g/mol. The molecule has 1 heteroatoms. The highest BCUT2D eigenvalue weighted by molar-refractivity contribution is 7.17. The van der Waals surface area contributed by atoms with Crippen LogP contribution in [-0.4, -0.2) is 0 Å². The van der Waals surface area contributed by atoms with E-state index in [1.165, 1.54) is 26.4 Å². The topological polar surface area (TPSA) is 0 Å². The molecule has 0 amide bonds. The summed E-state index contributed by atoms with van der Waals surface area (Å²) in [4.78, 5) is 0. The first kappa shape index (κ1) is 8.69. The molecule has 0 fully saturated rings. The number of hydrogen-bond donors (Lipinski definition) is 0. The van der Waals surface area contributed by atoms with Crippen molar-refractivity contribution < 1.29 is 0 Å². The summed E-state index contributed by atoms with van der Waals surface area (Å²) in [5.41, 5.74) is 1.24. The minimum Gasteiger partial charge on any atom is -0.143 e. The molecule has 3 rings (SSSR count). The van der Waals surface area contributed by atoms with Gasteiger partial charge in [-0.05, 0) is 27.8 Å². The molecule has 0 aliphatic rings. The molecular weight excluding hydrogens is 200 g/mol. The molecule has 0 atom stereocenters. The maximum atomic E-state index is 3.87. The molecule has 0 unspecified atom stereocenters. The van der Waals surface area contributed by atoms with Crippen LogP contribution in [0.15, 0.2) is 48.4 Å². The molecule has 0 N–H and O–H groups in total. The van der Waals surface area contributed by atoms with Crippen molar-refractivity contribution in [1.29, 1.82) is 0 Å². The van der Waals surface area contributed by atoms with Crippen LogP contribution in [0.3, 0.4) is 0 Å². The van der Waals surface area contributed by atoms with E-state index in [-0.39, 0.29) is 0 Å². The minimum absolute atomic E-state index is 1.24. The molecule has 0 saturated heterocycles. The molecule has 0 bridgehead atoms. The molecular formula is C14H10S. The lowest BCUT2D eigenvalue weighted by molar-refractivity contribution is 1.81. The van der Waals surface area contributed by atoms with Gasteiger partial charge in [-0.2, -0.15) is 0 Å². The van der Waals surface area contributed by atoms with Crippen LogP contribution in [0.25, 0.3) is 26.9 Å². The van der Waals surface area contributed by atoms with Crippen molar-refractivity contribution in [2.45, 2.75) is 0 Å². The third-order valence-electron chi connectivity index (χ3n) is 2.71. The van der Waals surface area contributed by atoms with Crippen molar-refractivity contribution in [1.82, 2.24) is 0 Å². The van der Waals surface area contributed by atoms with Crippen molar-refractivity contribution in [3.63, 3.8) is 0 Å². The fourth-order valence-electron chi connectivity index (χ4n) is 1.98. The normalized spacial score (nSPS) is 10.9. The Morgan fingerprint density at radius 1 is 1.07 bits per heavy atom. The summed E-state index contributed by atoms with van der Waals surface area (Å²) in [6.07, 6.45) is 1.94. The fourth-order valence-corrected chi connectivity index (χ4v) is 2.94. The Kier molecular flexibility index (Phi) is 1.86. The monoisotopic (exact) mass is 210 g/mol.